The van der Waals surface area contributed by atoms with Gasteiger partial charge in [-0.25, -0.2) is 14.8 Å². The van der Waals surface area contributed by atoms with E-state index in [1.807, 2.05) is 24.3 Å². The minimum Gasteiger partial charge on any atom is -0.495 e. The van der Waals surface area contributed by atoms with Crippen LogP contribution in [0.1, 0.15) is 20.8 Å². The molecule has 0 aliphatic heterocycles. The summed E-state index contributed by atoms with van der Waals surface area (Å²) in [7, 11) is 2.85. The van der Waals surface area contributed by atoms with Gasteiger partial charge in [0.1, 0.15) is 17.3 Å². The largest absolute Gasteiger partial charge is 0.495 e. The summed E-state index contributed by atoms with van der Waals surface area (Å²) in [5.74, 6) is 0.0765. The summed E-state index contributed by atoms with van der Waals surface area (Å²) in [5, 5.41) is 5.73. The molecule has 8 heteroatoms. The van der Waals surface area contributed by atoms with Gasteiger partial charge in [0.05, 0.1) is 43.6 Å². The summed E-state index contributed by atoms with van der Waals surface area (Å²) in [6.07, 6.45) is 2.78. The Bertz CT molecular complexity index is 990. The highest BCUT2D eigenvalue weighted by molar-refractivity contribution is 6.06. The Hall–Kier alpha value is -3.94. The number of amides is 1. The van der Waals surface area contributed by atoms with Gasteiger partial charge in [-0.05, 0) is 24.3 Å². The van der Waals surface area contributed by atoms with Crippen LogP contribution < -0.4 is 15.4 Å². The normalized spacial score (nSPS) is 10.1. The predicted octanol–water partition coefficient (Wildman–Crippen LogP) is 3.27. The summed E-state index contributed by atoms with van der Waals surface area (Å²) >= 11 is 0. The van der Waals surface area contributed by atoms with Crippen molar-refractivity contribution in [3.63, 3.8) is 0 Å². The number of nitrogens with zero attached hydrogens (tertiary/aromatic N) is 2. The third kappa shape index (κ3) is 4.24. The molecule has 0 spiro atoms. The van der Waals surface area contributed by atoms with Crippen molar-refractivity contribution in [1.82, 2.24) is 9.97 Å². The summed E-state index contributed by atoms with van der Waals surface area (Å²) in [6, 6.07) is 13.9. The van der Waals surface area contributed by atoms with Gasteiger partial charge in [-0.2, -0.15) is 0 Å². The number of hydrogen-bond donors (Lipinski definition) is 2. The van der Waals surface area contributed by atoms with Crippen LogP contribution in [0.4, 0.5) is 17.2 Å². The number of hydrogen-bond acceptors (Lipinski definition) is 7. The minimum absolute atomic E-state index is 0.102. The molecule has 2 aromatic carbocycles. The van der Waals surface area contributed by atoms with Crippen LogP contribution in [0.3, 0.4) is 0 Å². The number of benzene rings is 2. The van der Waals surface area contributed by atoms with Gasteiger partial charge >= 0.3 is 5.97 Å². The van der Waals surface area contributed by atoms with Gasteiger partial charge in [-0.1, -0.05) is 24.3 Å². The highest BCUT2D eigenvalue weighted by Gasteiger charge is 2.15. The van der Waals surface area contributed by atoms with Crippen LogP contribution >= 0.6 is 0 Å². The number of ether oxygens (including phenoxy) is 2. The fraction of sp³-hybridized carbons (Fsp3) is 0.100. The fourth-order valence-corrected chi connectivity index (χ4v) is 2.46. The van der Waals surface area contributed by atoms with Crippen LogP contribution in [0.2, 0.25) is 0 Å². The second-order valence-electron chi connectivity index (χ2n) is 5.60. The number of esters is 1. The zero-order chi connectivity index (χ0) is 19.9. The van der Waals surface area contributed by atoms with Crippen LogP contribution in [0.25, 0.3) is 0 Å². The maximum atomic E-state index is 12.4. The topological polar surface area (TPSA) is 102 Å². The molecule has 0 aliphatic rings. The van der Waals surface area contributed by atoms with Crippen LogP contribution in [0.5, 0.6) is 5.75 Å². The minimum atomic E-state index is -0.543. The van der Waals surface area contributed by atoms with E-state index in [4.69, 9.17) is 9.47 Å². The molecule has 0 atom stereocenters. The Balaban J connectivity index is 1.73. The Kier molecular flexibility index (Phi) is 5.81. The predicted molar refractivity (Wildman–Crippen MR) is 104 cm³/mol. The van der Waals surface area contributed by atoms with Crippen molar-refractivity contribution >= 4 is 29.1 Å². The van der Waals surface area contributed by atoms with Gasteiger partial charge in [-0.15, -0.1) is 0 Å². The number of para-hydroxylation sites is 3. The van der Waals surface area contributed by atoms with Crippen molar-refractivity contribution in [2.24, 2.45) is 0 Å². The molecule has 1 aromatic heterocycles. The van der Waals surface area contributed by atoms with Crippen molar-refractivity contribution in [3.05, 3.63) is 72.2 Å². The Morgan fingerprint density at radius 1 is 0.893 bits per heavy atom. The maximum Gasteiger partial charge on any atom is 0.339 e. The van der Waals surface area contributed by atoms with Gasteiger partial charge in [0, 0.05) is 0 Å². The molecule has 0 fully saturated rings. The first kappa shape index (κ1) is 18.8. The number of anilines is 3. The monoisotopic (exact) mass is 378 g/mol. The van der Waals surface area contributed by atoms with Crippen molar-refractivity contribution in [1.29, 1.82) is 0 Å². The zero-order valence-corrected chi connectivity index (χ0v) is 15.3. The molecular formula is C20H18N4O4. The van der Waals surface area contributed by atoms with E-state index in [9.17, 15) is 9.59 Å². The van der Waals surface area contributed by atoms with Gasteiger partial charge < -0.3 is 20.1 Å². The van der Waals surface area contributed by atoms with Crippen molar-refractivity contribution in [2.75, 3.05) is 24.9 Å². The van der Waals surface area contributed by atoms with Gasteiger partial charge in [-0.3, -0.25) is 4.79 Å². The number of carbonyl (C=O) groups is 2. The van der Waals surface area contributed by atoms with E-state index < -0.39 is 11.9 Å². The van der Waals surface area contributed by atoms with Gasteiger partial charge in [0.15, 0.2) is 0 Å². The molecule has 3 rings (SSSR count). The molecular weight excluding hydrogens is 360 g/mol. The number of aromatic nitrogens is 2. The number of nitrogens with one attached hydrogen (secondary N) is 2. The van der Waals surface area contributed by atoms with E-state index in [1.54, 1.807) is 31.4 Å². The average Bonchev–Trinajstić information content (AvgIpc) is 2.74. The Morgan fingerprint density at radius 3 is 2.29 bits per heavy atom. The molecule has 1 amide bonds. The lowest BCUT2D eigenvalue weighted by Gasteiger charge is -2.11. The zero-order valence-electron chi connectivity index (χ0n) is 15.3. The van der Waals surface area contributed by atoms with E-state index in [0.717, 1.165) is 5.69 Å². The lowest BCUT2D eigenvalue weighted by atomic mass is 10.1. The lowest BCUT2D eigenvalue weighted by molar-refractivity contribution is 0.0602. The number of carbonyl (C=O) groups excluding carboxylic acids is 2. The van der Waals surface area contributed by atoms with E-state index in [1.165, 1.54) is 19.5 Å². The van der Waals surface area contributed by atoms with Crippen LogP contribution in [-0.4, -0.2) is 36.1 Å². The van der Waals surface area contributed by atoms with E-state index in [2.05, 4.69) is 20.6 Å². The second-order valence-corrected chi connectivity index (χ2v) is 5.60. The average molecular weight is 378 g/mol. The molecule has 0 unspecified atom stereocenters. The third-order valence-corrected chi connectivity index (χ3v) is 3.83. The van der Waals surface area contributed by atoms with Crippen LogP contribution in [0.15, 0.2) is 60.9 Å². The lowest BCUT2D eigenvalue weighted by Crippen LogP contribution is -2.17. The quantitative estimate of drug-likeness (QED) is 0.635. The molecule has 0 bridgehead atoms. The number of methoxy groups -OCH3 is 2. The SMILES string of the molecule is COC(=O)c1ccccc1NC(=O)c1cnc(Nc2ccccc2OC)cn1. The van der Waals surface area contributed by atoms with E-state index in [0.29, 0.717) is 17.3 Å². The molecule has 8 nitrogen and oxygen atoms in total. The maximum absolute atomic E-state index is 12.4. The van der Waals surface area contributed by atoms with Gasteiger partial charge in [0.25, 0.3) is 5.91 Å². The summed E-state index contributed by atoms with van der Waals surface area (Å²) in [4.78, 5) is 32.6. The summed E-state index contributed by atoms with van der Waals surface area (Å²) < 4.78 is 9.99. The standard InChI is InChI=1S/C20H18N4O4/c1-27-17-10-6-5-9-15(17)23-18-12-21-16(11-22-18)19(25)24-14-8-4-3-7-13(14)20(26)28-2/h3-12H,1-2H3,(H,22,23)(H,24,25). The first-order valence-electron chi connectivity index (χ1n) is 8.33. The van der Waals surface area contributed by atoms with Crippen molar-refractivity contribution in [3.8, 4) is 5.75 Å². The number of rotatable bonds is 6. The summed E-state index contributed by atoms with van der Waals surface area (Å²) in [5.41, 5.74) is 1.41. The van der Waals surface area contributed by atoms with Crippen molar-refractivity contribution < 1.29 is 19.1 Å². The Labute approximate surface area is 161 Å². The first-order valence-corrected chi connectivity index (χ1v) is 8.33. The molecule has 0 saturated carbocycles. The molecule has 28 heavy (non-hydrogen) atoms. The second kappa shape index (κ2) is 8.63. The van der Waals surface area contributed by atoms with Crippen LogP contribution in [-0.2, 0) is 4.74 Å². The van der Waals surface area contributed by atoms with Crippen LogP contribution in [0, 0.1) is 0 Å². The smallest absolute Gasteiger partial charge is 0.339 e. The highest BCUT2D eigenvalue weighted by Crippen LogP contribution is 2.25. The molecule has 3 aromatic rings. The van der Waals surface area contributed by atoms with Crippen molar-refractivity contribution in [2.45, 2.75) is 0 Å². The fourth-order valence-electron chi connectivity index (χ4n) is 2.46. The molecule has 0 saturated heterocycles. The molecule has 2 N–H and O–H groups in total. The molecule has 0 radical (unpaired) electrons. The highest BCUT2D eigenvalue weighted by atomic mass is 16.5. The van der Waals surface area contributed by atoms with E-state index in [-0.39, 0.29) is 11.3 Å². The molecule has 142 valence electrons. The van der Waals surface area contributed by atoms with E-state index >= 15 is 0 Å². The molecule has 1 heterocycles. The Morgan fingerprint density at radius 2 is 1.61 bits per heavy atom. The molecule has 0 aliphatic carbocycles. The first-order chi connectivity index (χ1) is 13.6. The van der Waals surface area contributed by atoms with Gasteiger partial charge in [0.2, 0.25) is 0 Å². The summed E-state index contributed by atoms with van der Waals surface area (Å²) in [6.45, 7) is 0. The third-order valence-electron chi connectivity index (χ3n) is 3.83.